The molecule has 2 aromatic carbocycles. The van der Waals surface area contributed by atoms with Gasteiger partial charge in [-0.2, -0.15) is 0 Å². The van der Waals surface area contributed by atoms with Gasteiger partial charge in [0.1, 0.15) is 5.58 Å². The van der Waals surface area contributed by atoms with Gasteiger partial charge in [-0.25, -0.2) is 0 Å². The van der Waals surface area contributed by atoms with Crippen molar-refractivity contribution in [1.29, 1.82) is 0 Å². The highest BCUT2D eigenvalue weighted by Crippen LogP contribution is 2.23. The summed E-state index contributed by atoms with van der Waals surface area (Å²) in [5.74, 6) is 0.161. The van der Waals surface area contributed by atoms with Gasteiger partial charge >= 0.3 is 0 Å². The van der Waals surface area contributed by atoms with E-state index in [0.717, 1.165) is 16.3 Å². The number of carbonyl (C=O) groups excluding carboxylic acids is 1. The molecule has 21 heavy (non-hydrogen) atoms. The summed E-state index contributed by atoms with van der Waals surface area (Å²) in [6, 6.07) is 17.5. The molecule has 0 aliphatic carbocycles. The van der Waals surface area contributed by atoms with Crippen LogP contribution in [-0.4, -0.2) is 12.5 Å². The van der Waals surface area contributed by atoms with E-state index in [1.165, 1.54) is 5.56 Å². The Morgan fingerprint density at radius 3 is 2.71 bits per heavy atom. The van der Waals surface area contributed by atoms with Crippen LogP contribution in [0.5, 0.6) is 0 Å². The van der Waals surface area contributed by atoms with Crippen LogP contribution in [0.2, 0.25) is 0 Å². The van der Waals surface area contributed by atoms with Crippen molar-refractivity contribution in [3.8, 4) is 0 Å². The molecule has 0 bridgehead atoms. The van der Waals surface area contributed by atoms with Crippen LogP contribution in [0.1, 0.15) is 16.1 Å². The Kier molecular flexibility index (Phi) is 4.06. The van der Waals surface area contributed by atoms with E-state index in [4.69, 9.17) is 4.42 Å². The van der Waals surface area contributed by atoms with Gasteiger partial charge in [-0.05, 0) is 36.2 Å². The zero-order chi connectivity index (χ0) is 14.7. The summed E-state index contributed by atoms with van der Waals surface area (Å²) in [5, 5.41) is 3.79. The summed E-state index contributed by atoms with van der Waals surface area (Å²) in [4.78, 5) is 12.1. The second kappa shape index (κ2) is 6.14. The van der Waals surface area contributed by atoms with E-state index in [0.29, 0.717) is 17.9 Å². The molecule has 0 atom stereocenters. The van der Waals surface area contributed by atoms with E-state index in [1.807, 2.05) is 48.5 Å². The molecule has 1 heterocycles. The summed E-state index contributed by atoms with van der Waals surface area (Å²) >= 11 is 3.40. The molecule has 0 spiro atoms. The molecule has 4 heteroatoms. The standard InChI is InChI=1S/C17H14BrNO2/c18-14-6-7-15-13(10-14)11-16(21-15)17(20)19-9-8-12-4-2-1-3-5-12/h1-7,10-11H,8-9H2,(H,19,20). The third-order valence-corrected chi connectivity index (χ3v) is 3.74. The quantitative estimate of drug-likeness (QED) is 0.772. The number of fused-ring (bicyclic) bond motifs is 1. The minimum absolute atomic E-state index is 0.182. The van der Waals surface area contributed by atoms with Gasteiger partial charge in [0, 0.05) is 16.4 Å². The van der Waals surface area contributed by atoms with Crippen molar-refractivity contribution < 1.29 is 9.21 Å². The lowest BCUT2D eigenvalue weighted by molar-refractivity contribution is 0.0928. The lowest BCUT2D eigenvalue weighted by Crippen LogP contribution is -2.25. The third kappa shape index (κ3) is 3.34. The molecule has 0 unspecified atom stereocenters. The minimum Gasteiger partial charge on any atom is -0.451 e. The summed E-state index contributed by atoms with van der Waals surface area (Å²) in [5.41, 5.74) is 1.91. The number of furan rings is 1. The molecule has 1 N–H and O–H groups in total. The fourth-order valence-corrected chi connectivity index (χ4v) is 2.56. The van der Waals surface area contributed by atoms with Gasteiger partial charge in [-0.15, -0.1) is 0 Å². The molecule has 106 valence electrons. The van der Waals surface area contributed by atoms with Crippen LogP contribution in [0.25, 0.3) is 11.0 Å². The average molecular weight is 344 g/mol. The Bertz CT molecular complexity index is 765. The number of hydrogen-bond donors (Lipinski definition) is 1. The van der Waals surface area contributed by atoms with Crippen molar-refractivity contribution in [2.24, 2.45) is 0 Å². The average Bonchev–Trinajstić information content (AvgIpc) is 2.91. The minimum atomic E-state index is -0.182. The number of halogens is 1. The maximum atomic E-state index is 12.1. The van der Waals surface area contributed by atoms with Crippen molar-refractivity contribution in [2.45, 2.75) is 6.42 Å². The van der Waals surface area contributed by atoms with Crippen molar-refractivity contribution in [2.75, 3.05) is 6.54 Å². The van der Waals surface area contributed by atoms with Crippen LogP contribution < -0.4 is 5.32 Å². The zero-order valence-corrected chi connectivity index (χ0v) is 12.9. The maximum Gasteiger partial charge on any atom is 0.287 e. The highest BCUT2D eigenvalue weighted by atomic mass is 79.9. The molecule has 0 saturated heterocycles. The normalized spacial score (nSPS) is 10.7. The van der Waals surface area contributed by atoms with Gasteiger partial charge in [0.15, 0.2) is 5.76 Å². The van der Waals surface area contributed by atoms with Gasteiger partial charge in [0.25, 0.3) is 5.91 Å². The van der Waals surface area contributed by atoms with Crippen molar-refractivity contribution in [3.63, 3.8) is 0 Å². The Morgan fingerprint density at radius 2 is 1.90 bits per heavy atom. The Balaban J connectivity index is 1.64. The van der Waals surface area contributed by atoms with Crippen LogP contribution in [0.4, 0.5) is 0 Å². The molecule has 1 aromatic heterocycles. The number of carbonyl (C=O) groups is 1. The predicted molar refractivity (Wildman–Crippen MR) is 86.4 cm³/mol. The first-order chi connectivity index (χ1) is 10.2. The van der Waals surface area contributed by atoms with Crippen molar-refractivity contribution in [3.05, 3.63) is 70.4 Å². The molecule has 3 nitrogen and oxygen atoms in total. The van der Waals surface area contributed by atoms with E-state index >= 15 is 0 Å². The van der Waals surface area contributed by atoms with Crippen LogP contribution in [-0.2, 0) is 6.42 Å². The number of hydrogen-bond acceptors (Lipinski definition) is 2. The van der Waals surface area contributed by atoms with Gasteiger partial charge in [0.2, 0.25) is 0 Å². The van der Waals surface area contributed by atoms with E-state index in [9.17, 15) is 4.79 Å². The summed E-state index contributed by atoms with van der Waals surface area (Å²) in [6.45, 7) is 0.587. The fraction of sp³-hybridized carbons (Fsp3) is 0.118. The van der Waals surface area contributed by atoms with Gasteiger partial charge < -0.3 is 9.73 Å². The van der Waals surface area contributed by atoms with Crippen LogP contribution in [0.3, 0.4) is 0 Å². The zero-order valence-electron chi connectivity index (χ0n) is 11.3. The summed E-state index contributed by atoms with van der Waals surface area (Å²) in [7, 11) is 0. The molecule has 1 amide bonds. The van der Waals surface area contributed by atoms with E-state index in [2.05, 4.69) is 21.2 Å². The van der Waals surface area contributed by atoms with Gasteiger partial charge in [-0.3, -0.25) is 4.79 Å². The molecule has 0 aliphatic heterocycles. The Morgan fingerprint density at radius 1 is 1.10 bits per heavy atom. The van der Waals surface area contributed by atoms with E-state index in [-0.39, 0.29) is 5.91 Å². The smallest absolute Gasteiger partial charge is 0.287 e. The molecule has 3 aromatic rings. The lowest BCUT2D eigenvalue weighted by atomic mass is 10.1. The number of rotatable bonds is 4. The second-order valence-corrected chi connectivity index (χ2v) is 5.70. The number of nitrogens with one attached hydrogen (secondary N) is 1. The van der Waals surface area contributed by atoms with Crippen LogP contribution in [0.15, 0.2) is 63.5 Å². The molecule has 0 aliphatic rings. The SMILES string of the molecule is O=C(NCCc1ccccc1)c1cc2cc(Br)ccc2o1. The predicted octanol–water partition coefficient (Wildman–Crippen LogP) is 4.17. The fourth-order valence-electron chi connectivity index (χ4n) is 2.18. The third-order valence-electron chi connectivity index (χ3n) is 3.24. The van der Waals surface area contributed by atoms with Crippen LogP contribution in [0, 0.1) is 0 Å². The first-order valence-electron chi connectivity index (χ1n) is 6.73. The Hall–Kier alpha value is -2.07. The van der Waals surface area contributed by atoms with Crippen molar-refractivity contribution in [1.82, 2.24) is 5.32 Å². The summed E-state index contributed by atoms with van der Waals surface area (Å²) < 4.78 is 6.52. The molecule has 0 fully saturated rings. The maximum absolute atomic E-state index is 12.1. The van der Waals surface area contributed by atoms with E-state index < -0.39 is 0 Å². The van der Waals surface area contributed by atoms with Gasteiger partial charge in [0.05, 0.1) is 0 Å². The van der Waals surface area contributed by atoms with Crippen LogP contribution >= 0.6 is 15.9 Å². The largest absolute Gasteiger partial charge is 0.451 e. The first kappa shape index (κ1) is 13.9. The Labute approximate surface area is 131 Å². The monoisotopic (exact) mass is 343 g/mol. The summed E-state index contributed by atoms with van der Waals surface area (Å²) in [6.07, 6.45) is 0.804. The first-order valence-corrected chi connectivity index (χ1v) is 7.53. The topological polar surface area (TPSA) is 42.2 Å². The second-order valence-electron chi connectivity index (χ2n) is 4.78. The van der Waals surface area contributed by atoms with Gasteiger partial charge in [-0.1, -0.05) is 46.3 Å². The molecular weight excluding hydrogens is 330 g/mol. The number of amides is 1. The highest BCUT2D eigenvalue weighted by molar-refractivity contribution is 9.10. The van der Waals surface area contributed by atoms with E-state index in [1.54, 1.807) is 6.07 Å². The molecule has 0 radical (unpaired) electrons. The lowest BCUT2D eigenvalue weighted by Gasteiger charge is -2.03. The van der Waals surface area contributed by atoms with Crippen molar-refractivity contribution >= 4 is 32.8 Å². The molecular formula is C17H14BrNO2. The highest BCUT2D eigenvalue weighted by Gasteiger charge is 2.11. The molecule has 0 saturated carbocycles. The number of benzene rings is 2. The molecule has 3 rings (SSSR count).